The van der Waals surface area contributed by atoms with E-state index in [0.717, 1.165) is 18.5 Å². The maximum absolute atomic E-state index is 13.1. The second-order valence-corrected chi connectivity index (χ2v) is 6.78. The minimum Gasteiger partial charge on any atom is -0.457 e. The highest BCUT2D eigenvalue weighted by Gasteiger charge is 2.20. The highest BCUT2D eigenvalue weighted by molar-refractivity contribution is 9.10. The largest absolute Gasteiger partial charge is 0.457 e. The molecule has 6 heteroatoms. The molecular formula is C19H17BrFNO3. The number of carbonyl (C=O) groups excluding carboxylic acids is 2. The van der Waals surface area contributed by atoms with Crippen molar-refractivity contribution in [2.45, 2.75) is 26.0 Å². The van der Waals surface area contributed by atoms with Crippen LogP contribution in [-0.4, -0.2) is 23.3 Å². The third kappa shape index (κ3) is 4.45. The molecule has 130 valence electrons. The molecule has 0 bridgehead atoms. The van der Waals surface area contributed by atoms with E-state index < -0.39 is 5.97 Å². The normalized spacial score (nSPS) is 14.0. The minimum atomic E-state index is -0.444. The van der Waals surface area contributed by atoms with Crippen LogP contribution in [0.4, 0.5) is 4.39 Å². The van der Waals surface area contributed by atoms with Gasteiger partial charge in [0.15, 0.2) is 0 Å². The number of likely N-dealkylation sites (tertiary alicyclic amines) is 1. The highest BCUT2D eigenvalue weighted by Crippen LogP contribution is 2.20. The molecule has 1 fully saturated rings. The Hall–Kier alpha value is -2.21. The van der Waals surface area contributed by atoms with Crippen molar-refractivity contribution < 1.29 is 18.7 Å². The summed E-state index contributed by atoms with van der Waals surface area (Å²) in [7, 11) is 0. The first-order chi connectivity index (χ1) is 12.0. The Kier molecular flexibility index (Phi) is 5.48. The fraction of sp³-hybridized carbons (Fsp3) is 0.263. The van der Waals surface area contributed by atoms with E-state index in [1.807, 2.05) is 17.0 Å². The van der Waals surface area contributed by atoms with Gasteiger partial charge in [-0.05, 0) is 36.2 Å². The number of esters is 1. The van der Waals surface area contributed by atoms with Crippen LogP contribution in [0.2, 0.25) is 0 Å². The summed E-state index contributed by atoms with van der Waals surface area (Å²) >= 11 is 3.25. The number of hydrogen-bond acceptors (Lipinski definition) is 3. The predicted molar refractivity (Wildman–Crippen MR) is 94.3 cm³/mol. The molecule has 0 radical (unpaired) electrons. The van der Waals surface area contributed by atoms with E-state index in [9.17, 15) is 14.0 Å². The number of nitrogens with zero attached hydrogens (tertiary/aromatic N) is 1. The molecule has 0 aromatic heterocycles. The number of benzene rings is 2. The Bertz CT molecular complexity index is 792. The fourth-order valence-electron chi connectivity index (χ4n) is 2.70. The summed E-state index contributed by atoms with van der Waals surface area (Å²) < 4.78 is 18.9. The van der Waals surface area contributed by atoms with Crippen LogP contribution < -0.4 is 0 Å². The van der Waals surface area contributed by atoms with Crippen molar-refractivity contribution in [3.63, 3.8) is 0 Å². The molecule has 0 saturated carbocycles. The second-order valence-electron chi connectivity index (χ2n) is 5.93. The first-order valence-corrected chi connectivity index (χ1v) is 8.80. The summed E-state index contributed by atoms with van der Waals surface area (Å²) in [5.74, 6) is -0.623. The molecule has 1 saturated heterocycles. The fourth-order valence-corrected chi connectivity index (χ4v) is 3.17. The molecule has 0 N–H and O–H groups in total. The van der Waals surface area contributed by atoms with Crippen molar-refractivity contribution in [1.82, 2.24) is 4.90 Å². The highest BCUT2D eigenvalue weighted by atomic mass is 79.9. The number of halogens is 2. The smallest absolute Gasteiger partial charge is 0.338 e. The molecule has 2 aromatic rings. The topological polar surface area (TPSA) is 46.6 Å². The quantitative estimate of drug-likeness (QED) is 0.704. The zero-order valence-electron chi connectivity index (χ0n) is 13.5. The Labute approximate surface area is 153 Å². The lowest BCUT2D eigenvalue weighted by Gasteiger charge is -2.15. The molecule has 1 amide bonds. The van der Waals surface area contributed by atoms with Gasteiger partial charge in [-0.3, -0.25) is 4.79 Å². The van der Waals surface area contributed by atoms with Gasteiger partial charge >= 0.3 is 5.97 Å². The zero-order valence-corrected chi connectivity index (χ0v) is 15.1. The molecule has 2 aromatic carbocycles. The molecule has 1 aliphatic rings. The van der Waals surface area contributed by atoms with E-state index in [1.165, 1.54) is 12.1 Å². The van der Waals surface area contributed by atoms with E-state index in [4.69, 9.17) is 4.74 Å². The molecule has 25 heavy (non-hydrogen) atoms. The lowest BCUT2D eigenvalue weighted by Crippen LogP contribution is -2.23. The predicted octanol–water partition coefficient (Wildman–Crippen LogP) is 4.07. The van der Waals surface area contributed by atoms with Crippen molar-refractivity contribution >= 4 is 27.8 Å². The Morgan fingerprint density at radius 2 is 1.96 bits per heavy atom. The molecule has 1 aliphatic heterocycles. The number of hydrogen-bond donors (Lipinski definition) is 0. The van der Waals surface area contributed by atoms with Crippen molar-refractivity contribution in [2.24, 2.45) is 0 Å². The van der Waals surface area contributed by atoms with Gasteiger partial charge in [-0.25, -0.2) is 9.18 Å². The van der Waals surface area contributed by atoms with Crippen LogP contribution >= 0.6 is 15.9 Å². The SMILES string of the molecule is O=C(OCc1ccc(F)cc1Br)c1ccc(CN2CCCC2=O)cc1. The van der Waals surface area contributed by atoms with Crippen LogP contribution in [0.15, 0.2) is 46.9 Å². The summed E-state index contributed by atoms with van der Waals surface area (Å²) in [4.78, 5) is 25.6. The van der Waals surface area contributed by atoms with Gasteiger partial charge in [0.1, 0.15) is 12.4 Å². The third-order valence-corrected chi connectivity index (χ3v) is 4.85. The number of ether oxygens (including phenoxy) is 1. The van der Waals surface area contributed by atoms with Crippen molar-refractivity contribution in [3.05, 3.63) is 69.4 Å². The van der Waals surface area contributed by atoms with E-state index in [2.05, 4.69) is 15.9 Å². The summed E-state index contributed by atoms with van der Waals surface area (Å²) in [6, 6.07) is 11.3. The van der Waals surface area contributed by atoms with E-state index in [0.29, 0.717) is 28.6 Å². The summed E-state index contributed by atoms with van der Waals surface area (Å²) in [6.07, 6.45) is 1.52. The monoisotopic (exact) mass is 405 g/mol. The summed E-state index contributed by atoms with van der Waals surface area (Å²) in [5.41, 5.74) is 2.11. The van der Waals surface area contributed by atoms with E-state index in [1.54, 1.807) is 18.2 Å². The van der Waals surface area contributed by atoms with Crippen molar-refractivity contribution in [2.75, 3.05) is 6.54 Å². The molecule has 0 unspecified atom stereocenters. The average Bonchev–Trinajstić information content (AvgIpc) is 2.99. The van der Waals surface area contributed by atoms with Crippen molar-refractivity contribution in [1.29, 1.82) is 0 Å². The van der Waals surface area contributed by atoms with Crippen LogP contribution in [0.1, 0.15) is 34.3 Å². The van der Waals surface area contributed by atoms with Gasteiger partial charge in [-0.1, -0.05) is 34.1 Å². The Morgan fingerprint density at radius 3 is 2.60 bits per heavy atom. The molecule has 3 rings (SSSR count). The maximum atomic E-state index is 13.1. The van der Waals surface area contributed by atoms with Crippen LogP contribution in [0.25, 0.3) is 0 Å². The van der Waals surface area contributed by atoms with E-state index in [-0.39, 0.29) is 18.3 Å². The summed E-state index contributed by atoms with van der Waals surface area (Å²) in [6.45, 7) is 1.41. The van der Waals surface area contributed by atoms with Gasteiger partial charge in [-0.15, -0.1) is 0 Å². The lowest BCUT2D eigenvalue weighted by atomic mass is 10.1. The number of amides is 1. The van der Waals surface area contributed by atoms with Gasteiger partial charge in [0.05, 0.1) is 5.56 Å². The van der Waals surface area contributed by atoms with Gasteiger partial charge in [0.25, 0.3) is 0 Å². The number of carbonyl (C=O) groups is 2. The molecule has 0 atom stereocenters. The van der Waals surface area contributed by atoms with Gasteiger partial charge in [-0.2, -0.15) is 0 Å². The van der Waals surface area contributed by atoms with Crippen LogP contribution in [0.5, 0.6) is 0 Å². The lowest BCUT2D eigenvalue weighted by molar-refractivity contribution is -0.128. The standard InChI is InChI=1S/C19H17BrFNO3/c20-17-10-16(21)8-7-15(17)12-25-19(24)14-5-3-13(4-6-14)11-22-9-1-2-18(22)23/h3-8,10H,1-2,9,11-12H2. The molecular weight excluding hydrogens is 389 g/mol. The average molecular weight is 406 g/mol. The van der Waals surface area contributed by atoms with Gasteiger partial charge in [0, 0.05) is 29.5 Å². The number of rotatable bonds is 5. The second kappa shape index (κ2) is 7.78. The van der Waals surface area contributed by atoms with Gasteiger partial charge < -0.3 is 9.64 Å². The minimum absolute atomic E-state index is 0.0593. The zero-order chi connectivity index (χ0) is 17.8. The third-order valence-electron chi connectivity index (χ3n) is 4.11. The molecule has 0 aliphatic carbocycles. The molecule has 0 spiro atoms. The first-order valence-electron chi connectivity index (χ1n) is 8.01. The van der Waals surface area contributed by atoms with Crippen LogP contribution in [-0.2, 0) is 22.7 Å². The van der Waals surface area contributed by atoms with Gasteiger partial charge in [0.2, 0.25) is 5.91 Å². The Balaban J connectivity index is 1.58. The molecule has 1 heterocycles. The molecule has 4 nitrogen and oxygen atoms in total. The van der Waals surface area contributed by atoms with E-state index >= 15 is 0 Å². The first kappa shape index (κ1) is 17.6. The summed E-state index contributed by atoms with van der Waals surface area (Å²) in [5, 5.41) is 0. The maximum Gasteiger partial charge on any atom is 0.338 e. The van der Waals surface area contributed by atoms with Crippen molar-refractivity contribution in [3.8, 4) is 0 Å². The van der Waals surface area contributed by atoms with Crippen LogP contribution in [0, 0.1) is 5.82 Å². The van der Waals surface area contributed by atoms with Crippen LogP contribution in [0.3, 0.4) is 0 Å². The Morgan fingerprint density at radius 1 is 1.20 bits per heavy atom.